The molecule has 1 aliphatic heterocycles. The molecule has 0 saturated heterocycles. The van der Waals surface area contributed by atoms with Gasteiger partial charge in [-0.25, -0.2) is 9.03 Å². The SMILES string of the molecule is Cc1ccc(OS(C)(=O)=O)c(Cc2ccc(N3C=C(O)NS3(=O)=O)c(O)c2)c1. The highest BCUT2D eigenvalue weighted by Gasteiger charge is 2.30. The number of hydrogen-bond acceptors (Lipinski definition) is 7. The van der Waals surface area contributed by atoms with Gasteiger partial charge in [0.2, 0.25) is 5.88 Å². The van der Waals surface area contributed by atoms with Gasteiger partial charge >= 0.3 is 20.3 Å². The van der Waals surface area contributed by atoms with Crippen LogP contribution in [0.2, 0.25) is 0 Å². The van der Waals surface area contributed by atoms with Crippen molar-refractivity contribution >= 4 is 26.0 Å². The molecule has 0 unspecified atom stereocenters. The summed E-state index contributed by atoms with van der Waals surface area (Å²) in [5.41, 5.74) is 2.04. The molecule has 0 amide bonds. The van der Waals surface area contributed by atoms with Gasteiger partial charge in [-0.2, -0.15) is 16.8 Å². The number of hydrogen-bond donors (Lipinski definition) is 3. The topological polar surface area (TPSA) is 133 Å². The van der Waals surface area contributed by atoms with E-state index in [1.165, 1.54) is 12.1 Å². The van der Waals surface area contributed by atoms with Gasteiger partial charge in [0.15, 0.2) is 0 Å². The van der Waals surface area contributed by atoms with Gasteiger partial charge in [-0.05, 0) is 30.7 Å². The molecule has 0 aliphatic carbocycles. The molecule has 0 radical (unpaired) electrons. The fraction of sp³-hybridized carbons (Fsp3) is 0.176. The summed E-state index contributed by atoms with van der Waals surface area (Å²) >= 11 is 0. The number of benzene rings is 2. The van der Waals surface area contributed by atoms with E-state index in [4.69, 9.17) is 4.18 Å². The van der Waals surface area contributed by atoms with E-state index < -0.39 is 26.2 Å². The lowest BCUT2D eigenvalue weighted by Gasteiger charge is -2.16. The van der Waals surface area contributed by atoms with Crippen molar-refractivity contribution in [3.8, 4) is 11.5 Å². The molecule has 11 heteroatoms. The fourth-order valence-corrected chi connectivity index (χ4v) is 4.32. The standard InChI is InChI=1S/C17H18N2O7S2/c1-11-3-6-16(26-27(2,22)23)13(7-11)8-12-4-5-14(15(20)9-12)19-10-17(21)18-28(19,24)25/h3-7,9-10,18,20-21H,8H2,1-2H3. The second kappa shape index (κ2) is 6.91. The molecule has 1 heterocycles. The number of phenols is 1. The monoisotopic (exact) mass is 426 g/mol. The predicted molar refractivity (Wildman–Crippen MR) is 103 cm³/mol. The normalized spacial score (nSPS) is 15.8. The van der Waals surface area contributed by atoms with Crippen molar-refractivity contribution < 1.29 is 31.2 Å². The molecule has 0 spiro atoms. The zero-order valence-corrected chi connectivity index (χ0v) is 16.6. The first kappa shape index (κ1) is 19.8. The quantitative estimate of drug-likeness (QED) is 0.619. The van der Waals surface area contributed by atoms with Gasteiger partial charge in [-0.15, -0.1) is 0 Å². The lowest BCUT2D eigenvalue weighted by molar-refractivity contribution is 0.392. The summed E-state index contributed by atoms with van der Waals surface area (Å²) in [6.07, 6.45) is 2.12. The van der Waals surface area contributed by atoms with Crippen LogP contribution in [-0.4, -0.2) is 33.3 Å². The first-order valence-electron chi connectivity index (χ1n) is 7.98. The highest BCUT2D eigenvalue weighted by atomic mass is 32.2. The number of anilines is 1. The minimum absolute atomic E-state index is 0.0443. The van der Waals surface area contributed by atoms with Crippen LogP contribution in [0.15, 0.2) is 48.5 Å². The second-order valence-corrected chi connectivity index (χ2v) is 9.44. The fourth-order valence-electron chi connectivity index (χ4n) is 2.76. The molecule has 0 aromatic heterocycles. The van der Waals surface area contributed by atoms with Gasteiger partial charge in [-0.1, -0.05) is 23.8 Å². The van der Waals surface area contributed by atoms with Crippen molar-refractivity contribution in [1.82, 2.24) is 4.72 Å². The largest absolute Gasteiger partial charge is 0.506 e. The van der Waals surface area contributed by atoms with E-state index >= 15 is 0 Å². The number of nitrogens with one attached hydrogen (secondary N) is 1. The molecule has 9 nitrogen and oxygen atoms in total. The van der Waals surface area contributed by atoms with Crippen LogP contribution >= 0.6 is 0 Å². The Hall–Kier alpha value is -2.92. The Labute approximate surface area is 162 Å². The van der Waals surface area contributed by atoms with Crippen molar-refractivity contribution in [1.29, 1.82) is 0 Å². The van der Waals surface area contributed by atoms with Gasteiger partial charge in [0.25, 0.3) is 0 Å². The van der Waals surface area contributed by atoms with Gasteiger partial charge in [0, 0.05) is 12.0 Å². The first-order chi connectivity index (χ1) is 12.9. The van der Waals surface area contributed by atoms with E-state index in [1.807, 2.05) is 11.6 Å². The highest BCUT2D eigenvalue weighted by Crippen LogP contribution is 2.34. The minimum atomic E-state index is -4.02. The van der Waals surface area contributed by atoms with E-state index in [0.717, 1.165) is 18.0 Å². The maximum atomic E-state index is 11.9. The Kier molecular flexibility index (Phi) is 4.90. The molecule has 0 atom stereocenters. The van der Waals surface area contributed by atoms with Gasteiger partial charge in [0.05, 0.1) is 12.5 Å². The van der Waals surface area contributed by atoms with Gasteiger partial charge in [-0.3, -0.25) is 0 Å². The molecule has 28 heavy (non-hydrogen) atoms. The molecular formula is C17H18N2O7S2. The molecule has 0 fully saturated rings. The summed E-state index contributed by atoms with van der Waals surface area (Å²) in [5.74, 6) is -0.714. The van der Waals surface area contributed by atoms with Crippen molar-refractivity contribution in [2.75, 3.05) is 10.6 Å². The molecule has 2 aromatic rings. The summed E-state index contributed by atoms with van der Waals surface area (Å²) in [4.78, 5) is 0. The maximum Gasteiger partial charge on any atom is 0.330 e. The van der Waals surface area contributed by atoms with Crippen LogP contribution < -0.4 is 13.2 Å². The maximum absolute atomic E-state index is 11.9. The average Bonchev–Trinajstić information content (AvgIpc) is 2.81. The molecule has 150 valence electrons. The predicted octanol–water partition coefficient (Wildman–Crippen LogP) is 1.64. The van der Waals surface area contributed by atoms with E-state index in [-0.39, 0.29) is 23.6 Å². The van der Waals surface area contributed by atoms with Crippen LogP contribution in [0.1, 0.15) is 16.7 Å². The van der Waals surface area contributed by atoms with Crippen LogP contribution in [0.25, 0.3) is 0 Å². The van der Waals surface area contributed by atoms with E-state index in [9.17, 15) is 27.0 Å². The summed E-state index contributed by atoms with van der Waals surface area (Å²) < 4.78 is 54.4. The Balaban J connectivity index is 1.93. The van der Waals surface area contributed by atoms with Crippen molar-refractivity contribution in [3.05, 3.63) is 65.2 Å². The highest BCUT2D eigenvalue weighted by molar-refractivity contribution is 7.91. The molecular weight excluding hydrogens is 408 g/mol. The first-order valence-corrected chi connectivity index (χ1v) is 11.2. The lowest BCUT2D eigenvalue weighted by Crippen LogP contribution is -2.29. The summed E-state index contributed by atoms with van der Waals surface area (Å²) in [6, 6.07) is 9.36. The number of aromatic hydroxyl groups is 1. The zero-order chi connectivity index (χ0) is 20.7. The molecule has 2 aromatic carbocycles. The van der Waals surface area contributed by atoms with Crippen LogP contribution in [0, 0.1) is 6.92 Å². The lowest BCUT2D eigenvalue weighted by atomic mass is 10.0. The Bertz CT molecular complexity index is 1170. The van der Waals surface area contributed by atoms with Crippen molar-refractivity contribution in [2.24, 2.45) is 0 Å². The van der Waals surface area contributed by atoms with Crippen LogP contribution in [-0.2, 0) is 26.7 Å². The summed E-state index contributed by atoms with van der Waals surface area (Å²) in [5, 5.41) is 19.7. The van der Waals surface area contributed by atoms with E-state index in [0.29, 0.717) is 15.4 Å². The molecule has 0 saturated carbocycles. The number of nitrogens with zero attached hydrogens (tertiary/aromatic N) is 1. The number of aryl methyl sites for hydroxylation is 1. The third-order valence-corrected chi connectivity index (χ3v) is 5.63. The second-order valence-electron chi connectivity index (χ2n) is 6.32. The average molecular weight is 426 g/mol. The minimum Gasteiger partial charge on any atom is -0.506 e. The van der Waals surface area contributed by atoms with E-state index in [1.54, 1.807) is 24.3 Å². The number of aliphatic hydroxyl groups excluding tert-OH is 1. The van der Waals surface area contributed by atoms with Crippen LogP contribution in [0.3, 0.4) is 0 Å². The Morgan fingerprint density at radius 3 is 2.43 bits per heavy atom. The molecule has 0 bridgehead atoms. The molecule has 3 N–H and O–H groups in total. The summed E-state index contributed by atoms with van der Waals surface area (Å²) in [7, 11) is -7.73. The number of aliphatic hydroxyl groups is 1. The molecule has 1 aliphatic rings. The third-order valence-electron chi connectivity index (χ3n) is 3.86. The van der Waals surface area contributed by atoms with Crippen molar-refractivity contribution in [2.45, 2.75) is 13.3 Å². The Morgan fingerprint density at radius 2 is 1.86 bits per heavy atom. The van der Waals surface area contributed by atoms with Crippen molar-refractivity contribution in [3.63, 3.8) is 0 Å². The zero-order valence-electron chi connectivity index (χ0n) is 14.9. The van der Waals surface area contributed by atoms with E-state index in [2.05, 4.69) is 0 Å². The number of rotatable bonds is 5. The van der Waals surface area contributed by atoms with Crippen LogP contribution in [0.5, 0.6) is 11.5 Å². The van der Waals surface area contributed by atoms with Gasteiger partial charge in [0.1, 0.15) is 17.2 Å². The van der Waals surface area contributed by atoms with Crippen LogP contribution in [0.4, 0.5) is 5.69 Å². The smallest absolute Gasteiger partial charge is 0.330 e. The third kappa shape index (κ3) is 4.31. The Morgan fingerprint density at radius 1 is 1.14 bits per heavy atom. The molecule has 3 rings (SSSR count). The number of phenolic OH excluding ortho intramolecular Hbond substituents is 1. The summed E-state index contributed by atoms with van der Waals surface area (Å²) in [6.45, 7) is 1.85. The van der Waals surface area contributed by atoms with Gasteiger partial charge < -0.3 is 14.4 Å².